The van der Waals surface area contributed by atoms with E-state index in [1.807, 2.05) is 0 Å². The summed E-state index contributed by atoms with van der Waals surface area (Å²) in [6.45, 7) is 3.23. The normalized spacial score (nSPS) is 20.7. The number of benzene rings is 1. The second-order valence-electron chi connectivity index (χ2n) is 6.60. The first-order valence-corrected chi connectivity index (χ1v) is 8.87. The molecule has 1 aromatic carbocycles. The molecule has 7 nitrogen and oxygen atoms in total. The second-order valence-corrected chi connectivity index (χ2v) is 7.04. The van der Waals surface area contributed by atoms with Gasteiger partial charge in [-0.3, -0.25) is 9.59 Å². The predicted molar refractivity (Wildman–Crippen MR) is 104 cm³/mol. The van der Waals surface area contributed by atoms with Crippen LogP contribution in [0.2, 0.25) is 5.02 Å². The maximum Gasteiger partial charge on any atom is 0.276 e. The molecule has 4 rings (SSSR count). The fourth-order valence-electron chi connectivity index (χ4n) is 3.56. The Morgan fingerprint density at radius 1 is 1.04 bits per heavy atom. The van der Waals surface area contributed by atoms with E-state index in [1.54, 1.807) is 29.2 Å². The van der Waals surface area contributed by atoms with Crippen molar-refractivity contribution in [2.24, 2.45) is 11.8 Å². The van der Waals surface area contributed by atoms with E-state index in [9.17, 15) is 9.59 Å². The van der Waals surface area contributed by atoms with Crippen molar-refractivity contribution in [3.05, 3.63) is 53.1 Å². The van der Waals surface area contributed by atoms with Crippen molar-refractivity contribution in [2.45, 2.75) is 0 Å². The Hall–Kier alpha value is -2.22. The second kappa shape index (κ2) is 8.21. The average molecular weight is 408 g/mol. The molecule has 27 heavy (non-hydrogen) atoms. The number of nitrogens with one attached hydrogen (secondary N) is 2. The molecule has 2 fully saturated rings. The van der Waals surface area contributed by atoms with Crippen LogP contribution in [-0.2, 0) is 0 Å². The number of aromatic nitrogens is 2. The third-order valence-electron chi connectivity index (χ3n) is 4.89. The molecule has 9 heteroatoms. The first-order chi connectivity index (χ1) is 12.6. The number of hydrogen-bond donors (Lipinski definition) is 2. The molecule has 0 spiro atoms. The molecule has 2 aromatic rings. The first kappa shape index (κ1) is 19.5. The number of nitrogens with zero attached hydrogens (tertiary/aromatic N) is 3. The highest BCUT2D eigenvalue weighted by Gasteiger charge is 2.39. The highest BCUT2D eigenvalue weighted by Crippen LogP contribution is 2.27. The van der Waals surface area contributed by atoms with Crippen molar-refractivity contribution in [3.63, 3.8) is 0 Å². The summed E-state index contributed by atoms with van der Waals surface area (Å²) in [7, 11) is 0. The van der Waals surface area contributed by atoms with E-state index in [0.717, 1.165) is 13.1 Å². The van der Waals surface area contributed by atoms with E-state index in [-0.39, 0.29) is 29.7 Å². The van der Waals surface area contributed by atoms with Gasteiger partial charge in [0.1, 0.15) is 0 Å². The largest absolute Gasteiger partial charge is 0.337 e. The molecule has 0 bridgehead atoms. The molecule has 3 heterocycles. The van der Waals surface area contributed by atoms with Gasteiger partial charge < -0.3 is 15.5 Å². The van der Waals surface area contributed by atoms with Crippen molar-refractivity contribution in [2.75, 3.05) is 31.5 Å². The van der Waals surface area contributed by atoms with Crippen LogP contribution >= 0.6 is 24.0 Å². The van der Waals surface area contributed by atoms with Gasteiger partial charge in [-0.2, -0.15) is 0 Å². The van der Waals surface area contributed by atoms with E-state index in [2.05, 4.69) is 20.6 Å². The molecule has 2 saturated heterocycles. The summed E-state index contributed by atoms with van der Waals surface area (Å²) < 4.78 is 0. The third kappa shape index (κ3) is 4.05. The number of carbonyl (C=O) groups is 2. The summed E-state index contributed by atoms with van der Waals surface area (Å²) >= 11 is 5.86. The van der Waals surface area contributed by atoms with Crippen molar-refractivity contribution in [3.8, 4) is 0 Å². The molecule has 2 aliphatic heterocycles. The van der Waals surface area contributed by atoms with Crippen LogP contribution in [0.3, 0.4) is 0 Å². The van der Waals surface area contributed by atoms with Gasteiger partial charge in [0.25, 0.3) is 11.8 Å². The van der Waals surface area contributed by atoms with Crippen LogP contribution < -0.4 is 10.6 Å². The maximum atomic E-state index is 12.9. The molecule has 0 unspecified atom stereocenters. The number of hydrogen-bond acceptors (Lipinski definition) is 5. The lowest BCUT2D eigenvalue weighted by Crippen LogP contribution is -2.34. The Kier molecular flexibility index (Phi) is 5.94. The van der Waals surface area contributed by atoms with Gasteiger partial charge in [0.15, 0.2) is 11.4 Å². The number of likely N-dealkylation sites (tertiary alicyclic amines) is 1. The van der Waals surface area contributed by atoms with Gasteiger partial charge >= 0.3 is 0 Å². The zero-order valence-electron chi connectivity index (χ0n) is 14.4. The fourth-order valence-corrected chi connectivity index (χ4v) is 3.68. The Balaban J connectivity index is 0.00000210. The molecule has 2 N–H and O–H groups in total. The minimum Gasteiger partial charge on any atom is -0.337 e. The van der Waals surface area contributed by atoms with Gasteiger partial charge in [-0.15, -0.1) is 12.4 Å². The molecule has 142 valence electrons. The minimum absolute atomic E-state index is 0. The average Bonchev–Trinajstić information content (AvgIpc) is 3.25. The van der Waals surface area contributed by atoms with Gasteiger partial charge in [0, 0.05) is 49.3 Å². The van der Waals surface area contributed by atoms with Gasteiger partial charge in [-0.1, -0.05) is 11.6 Å². The lowest BCUT2D eigenvalue weighted by molar-refractivity contribution is 0.0769. The first-order valence-electron chi connectivity index (χ1n) is 8.50. The summed E-state index contributed by atoms with van der Waals surface area (Å²) in [5, 5.41) is 6.65. The Morgan fingerprint density at radius 3 is 2.26 bits per heavy atom. The molecule has 2 aliphatic rings. The van der Waals surface area contributed by atoms with Crippen molar-refractivity contribution in [1.29, 1.82) is 0 Å². The van der Waals surface area contributed by atoms with Gasteiger partial charge in [0.05, 0.1) is 0 Å². The monoisotopic (exact) mass is 407 g/mol. The third-order valence-corrected chi connectivity index (χ3v) is 5.15. The lowest BCUT2D eigenvalue weighted by Gasteiger charge is -2.18. The van der Waals surface area contributed by atoms with E-state index >= 15 is 0 Å². The maximum absolute atomic E-state index is 12.9. The van der Waals surface area contributed by atoms with E-state index in [4.69, 9.17) is 11.6 Å². The summed E-state index contributed by atoms with van der Waals surface area (Å²) in [5.74, 6) is 0.238. The molecular formula is C18H19Cl2N5O2. The summed E-state index contributed by atoms with van der Waals surface area (Å²) in [4.78, 5) is 35.5. The fraction of sp³-hybridized carbons (Fsp3) is 0.333. The summed E-state index contributed by atoms with van der Waals surface area (Å²) in [6, 6.07) is 6.73. The van der Waals surface area contributed by atoms with Crippen molar-refractivity contribution < 1.29 is 9.59 Å². The Bertz CT molecular complexity index is 834. The van der Waals surface area contributed by atoms with Crippen LogP contribution in [0.15, 0.2) is 36.7 Å². The lowest BCUT2D eigenvalue weighted by atomic mass is 10.0. The van der Waals surface area contributed by atoms with Crippen molar-refractivity contribution >= 4 is 41.5 Å². The molecule has 1 aromatic heterocycles. The Morgan fingerprint density at radius 2 is 1.63 bits per heavy atom. The summed E-state index contributed by atoms with van der Waals surface area (Å²) in [5.41, 5.74) is 0.694. The number of halogens is 2. The zero-order valence-corrected chi connectivity index (χ0v) is 16.0. The van der Waals surface area contributed by atoms with Gasteiger partial charge in [-0.05, 0) is 36.1 Å². The van der Waals surface area contributed by atoms with Crippen LogP contribution in [0, 0.1) is 11.8 Å². The minimum atomic E-state index is -0.468. The molecule has 0 aliphatic carbocycles. The zero-order chi connectivity index (χ0) is 18.1. The van der Waals surface area contributed by atoms with Crippen LogP contribution in [0.25, 0.3) is 0 Å². The van der Waals surface area contributed by atoms with Gasteiger partial charge in [-0.25, -0.2) is 9.97 Å². The smallest absolute Gasteiger partial charge is 0.276 e. The van der Waals surface area contributed by atoms with E-state index in [1.165, 1.54) is 12.4 Å². The Labute approximate surface area is 167 Å². The van der Waals surface area contributed by atoms with Crippen LogP contribution in [-0.4, -0.2) is 52.9 Å². The number of carbonyl (C=O) groups excluding carboxylic acids is 2. The van der Waals surface area contributed by atoms with E-state index in [0.29, 0.717) is 35.6 Å². The predicted octanol–water partition coefficient (Wildman–Crippen LogP) is 2.10. The van der Waals surface area contributed by atoms with Crippen LogP contribution in [0.4, 0.5) is 5.69 Å². The molecule has 2 atom stereocenters. The highest BCUT2D eigenvalue weighted by molar-refractivity contribution is 6.30. The molecule has 0 radical (unpaired) electrons. The van der Waals surface area contributed by atoms with Crippen LogP contribution in [0.1, 0.15) is 21.0 Å². The summed E-state index contributed by atoms with van der Waals surface area (Å²) in [6.07, 6.45) is 2.85. The number of anilines is 1. The topological polar surface area (TPSA) is 87.2 Å². The quantitative estimate of drug-likeness (QED) is 0.813. The van der Waals surface area contributed by atoms with Crippen molar-refractivity contribution in [1.82, 2.24) is 20.2 Å². The number of fused-ring (bicyclic) bond motifs is 1. The van der Waals surface area contributed by atoms with Gasteiger partial charge in [0.2, 0.25) is 0 Å². The number of rotatable bonds is 3. The SMILES string of the molecule is Cl.O=C(Nc1ccc(Cl)cc1)c1nccnc1C(=O)N1C[C@H]2CNC[C@H]2C1. The number of amides is 2. The molecule has 0 saturated carbocycles. The molecular weight excluding hydrogens is 389 g/mol. The molecule has 2 amide bonds. The van der Waals surface area contributed by atoms with E-state index < -0.39 is 5.91 Å². The highest BCUT2D eigenvalue weighted by atomic mass is 35.5. The standard InChI is InChI=1S/C18H18ClN5O2.ClH/c19-13-1-3-14(4-2-13)23-17(25)15-16(22-6-5-21-15)18(26)24-9-11-7-20-8-12(11)10-24;/h1-6,11-12,20H,7-10H2,(H,23,25);1H/t11-,12+;. The van der Waals surface area contributed by atoms with Crippen LogP contribution in [0.5, 0.6) is 0 Å².